The van der Waals surface area contributed by atoms with Crippen LogP contribution in [-0.2, 0) is 11.3 Å². The SMILES string of the molecule is CCSC(C1=CC(C)(O)N(Cc2ccccc2)C1=O)C(F)(F)F. The summed E-state index contributed by atoms with van der Waals surface area (Å²) in [7, 11) is 0. The molecular weight excluding hydrogens is 327 g/mol. The van der Waals surface area contributed by atoms with Crippen LogP contribution in [-0.4, -0.2) is 38.8 Å². The molecule has 126 valence electrons. The lowest BCUT2D eigenvalue weighted by atomic mass is 10.1. The zero-order chi connectivity index (χ0) is 17.3. The Hall–Kier alpha value is -1.47. The smallest absolute Gasteiger partial charge is 0.367 e. The molecule has 1 amide bonds. The highest BCUT2D eigenvalue weighted by molar-refractivity contribution is 8.00. The van der Waals surface area contributed by atoms with Gasteiger partial charge in [-0.1, -0.05) is 37.3 Å². The lowest BCUT2D eigenvalue weighted by molar-refractivity contribution is -0.145. The molecule has 0 aromatic heterocycles. The van der Waals surface area contributed by atoms with Gasteiger partial charge in [0.15, 0.2) is 5.72 Å². The van der Waals surface area contributed by atoms with E-state index in [1.54, 1.807) is 37.3 Å². The molecule has 1 aliphatic heterocycles. The topological polar surface area (TPSA) is 40.5 Å². The van der Waals surface area contributed by atoms with Crippen molar-refractivity contribution in [3.63, 3.8) is 0 Å². The minimum Gasteiger partial charge on any atom is -0.367 e. The molecule has 3 nitrogen and oxygen atoms in total. The van der Waals surface area contributed by atoms with E-state index in [0.29, 0.717) is 11.8 Å². The third kappa shape index (κ3) is 3.90. The van der Waals surface area contributed by atoms with Gasteiger partial charge in [0.2, 0.25) is 0 Å². The van der Waals surface area contributed by atoms with Gasteiger partial charge in [-0.15, -0.1) is 11.8 Å². The number of hydrogen-bond acceptors (Lipinski definition) is 3. The molecule has 2 unspecified atom stereocenters. The third-order valence-electron chi connectivity index (χ3n) is 3.56. The van der Waals surface area contributed by atoms with E-state index in [-0.39, 0.29) is 12.3 Å². The van der Waals surface area contributed by atoms with Crippen molar-refractivity contribution in [1.29, 1.82) is 0 Å². The summed E-state index contributed by atoms with van der Waals surface area (Å²) in [5.74, 6) is -0.558. The molecule has 0 spiro atoms. The largest absolute Gasteiger partial charge is 0.404 e. The molecule has 1 N–H and O–H groups in total. The van der Waals surface area contributed by atoms with E-state index in [2.05, 4.69) is 0 Å². The van der Waals surface area contributed by atoms with E-state index in [1.807, 2.05) is 0 Å². The van der Waals surface area contributed by atoms with Crippen LogP contribution in [0.1, 0.15) is 19.4 Å². The average molecular weight is 345 g/mol. The van der Waals surface area contributed by atoms with Gasteiger partial charge in [0.1, 0.15) is 5.25 Å². The van der Waals surface area contributed by atoms with E-state index in [4.69, 9.17) is 0 Å². The van der Waals surface area contributed by atoms with Crippen molar-refractivity contribution in [1.82, 2.24) is 4.90 Å². The fourth-order valence-corrected chi connectivity index (χ4v) is 3.38. The van der Waals surface area contributed by atoms with Crippen LogP contribution in [0.3, 0.4) is 0 Å². The van der Waals surface area contributed by atoms with Gasteiger partial charge < -0.3 is 10.0 Å². The van der Waals surface area contributed by atoms with Gasteiger partial charge in [-0.3, -0.25) is 4.79 Å². The molecule has 1 aliphatic rings. The number of hydrogen-bond donors (Lipinski definition) is 1. The summed E-state index contributed by atoms with van der Waals surface area (Å²) < 4.78 is 39.7. The molecule has 0 saturated carbocycles. The van der Waals surface area contributed by atoms with Crippen LogP contribution in [0, 0.1) is 0 Å². The zero-order valence-electron chi connectivity index (χ0n) is 12.8. The van der Waals surface area contributed by atoms with Gasteiger partial charge in [0.25, 0.3) is 5.91 Å². The molecule has 2 rings (SSSR count). The van der Waals surface area contributed by atoms with Crippen molar-refractivity contribution in [2.24, 2.45) is 0 Å². The summed E-state index contributed by atoms with van der Waals surface area (Å²) in [6.07, 6.45) is -3.51. The van der Waals surface area contributed by atoms with Crippen molar-refractivity contribution in [2.45, 2.75) is 37.5 Å². The summed E-state index contributed by atoms with van der Waals surface area (Å²) in [5.41, 5.74) is -1.40. The summed E-state index contributed by atoms with van der Waals surface area (Å²) in [6.45, 7) is 2.97. The lowest BCUT2D eigenvalue weighted by Gasteiger charge is -2.30. The molecule has 0 saturated heterocycles. The van der Waals surface area contributed by atoms with Crippen molar-refractivity contribution in [3.8, 4) is 0 Å². The Morgan fingerprint density at radius 2 is 1.91 bits per heavy atom. The Balaban J connectivity index is 2.29. The lowest BCUT2D eigenvalue weighted by Crippen LogP contribution is -2.44. The second-order valence-electron chi connectivity index (χ2n) is 5.45. The standard InChI is InChI=1S/C16H18F3NO2S/c1-3-23-13(16(17,18)19)12-9-15(2,22)20(14(12)21)10-11-7-5-4-6-8-11/h4-9,13,22H,3,10H2,1-2H3. The summed E-state index contributed by atoms with van der Waals surface area (Å²) in [5, 5.41) is 8.47. The molecule has 0 radical (unpaired) electrons. The number of nitrogens with zero attached hydrogens (tertiary/aromatic N) is 1. The zero-order valence-corrected chi connectivity index (χ0v) is 13.6. The Labute approximate surface area is 137 Å². The quantitative estimate of drug-likeness (QED) is 0.890. The number of halogens is 3. The van der Waals surface area contributed by atoms with Crippen molar-refractivity contribution in [3.05, 3.63) is 47.5 Å². The monoisotopic (exact) mass is 345 g/mol. The van der Waals surface area contributed by atoms with Gasteiger partial charge in [-0.2, -0.15) is 13.2 Å². The van der Waals surface area contributed by atoms with Gasteiger partial charge >= 0.3 is 6.18 Å². The van der Waals surface area contributed by atoms with Crippen LogP contribution in [0.4, 0.5) is 13.2 Å². The first-order valence-corrected chi connectivity index (χ1v) is 8.21. The molecule has 1 heterocycles. The summed E-state index contributed by atoms with van der Waals surface area (Å²) in [4.78, 5) is 13.5. The normalized spacial score (nSPS) is 23.1. The first-order chi connectivity index (χ1) is 10.7. The van der Waals surface area contributed by atoms with Gasteiger partial charge in [-0.05, 0) is 24.3 Å². The number of aliphatic hydroxyl groups is 1. The number of carbonyl (C=O) groups excluding carboxylic acids is 1. The van der Waals surface area contributed by atoms with Crippen LogP contribution in [0.2, 0.25) is 0 Å². The Kier molecular flexibility index (Phi) is 5.10. The second kappa shape index (κ2) is 6.57. The predicted octanol–water partition coefficient (Wildman–Crippen LogP) is 3.35. The number of amides is 1. The van der Waals surface area contributed by atoms with E-state index in [0.717, 1.165) is 16.5 Å². The van der Waals surface area contributed by atoms with Crippen molar-refractivity contribution >= 4 is 17.7 Å². The van der Waals surface area contributed by atoms with Crippen LogP contribution in [0.15, 0.2) is 42.0 Å². The van der Waals surface area contributed by atoms with E-state index < -0.39 is 28.6 Å². The molecule has 0 fully saturated rings. The minimum absolute atomic E-state index is 0.0496. The Morgan fingerprint density at radius 3 is 2.43 bits per heavy atom. The highest BCUT2D eigenvalue weighted by Gasteiger charge is 2.50. The van der Waals surface area contributed by atoms with Crippen LogP contribution in [0.25, 0.3) is 0 Å². The molecule has 7 heteroatoms. The number of rotatable bonds is 5. The minimum atomic E-state index is -4.54. The van der Waals surface area contributed by atoms with Crippen LogP contribution in [0.5, 0.6) is 0 Å². The summed E-state index contributed by atoms with van der Waals surface area (Å²) >= 11 is 0.642. The molecule has 0 aliphatic carbocycles. The molecule has 1 aromatic carbocycles. The Bertz CT molecular complexity index is 599. The maximum atomic E-state index is 13.2. The van der Waals surface area contributed by atoms with E-state index in [9.17, 15) is 23.1 Å². The fraction of sp³-hybridized carbons (Fsp3) is 0.438. The first kappa shape index (κ1) is 17.9. The molecule has 2 atom stereocenters. The molecule has 23 heavy (non-hydrogen) atoms. The maximum absolute atomic E-state index is 13.2. The maximum Gasteiger partial charge on any atom is 0.404 e. The summed E-state index contributed by atoms with van der Waals surface area (Å²) in [6, 6.07) is 8.84. The van der Waals surface area contributed by atoms with E-state index >= 15 is 0 Å². The number of alkyl halides is 3. The van der Waals surface area contributed by atoms with Gasteiger partial charge in [0.05, 0.1) is 0 Å². The van der Waals surface area contributed by atoms with Gasteiger partial charge in [-0.25, -0.2) is 0 Å². The second-order valence-corrected chi connectivity index (χ2v) is 6.83. The number of carbonyl (C=O) groups is 1. The molecule has 0 bridgehead atoms. The van der Waals surface area contributed by atoms with Crippen LogP contribution >= 0.6 is 11.8 Å². The highest BCUT2D eigenvalue weighted by Crippen LogP contribution is 2.41. The number of benzene rings is 1. The van der Waals surface area contributed by atoms with Crippen LogP contribution < -0.4 is 0 Å². The van der Waals surface area contributed by atoms with Crippen molar-refractivity contribution in [2.75, 3.05) is 5.75 Å². The molecule has 1 aromatic rings. The van der Waals surface area contributed by atoms with Crippen molar-refractivity contribution < 1.29 is 23.1 Å². The fourth-order valence-electron chi connectivity index (χ4n) is 2.51. The highest BCUT2D eigenvalue weighted by atomic mass is 32.2. The number of thioether (sulfide) groups is 1. The third-order valence-corrected chi connectivity index (χ3v) is 4.75. The average Bonchev–Trinajstić information content (AvgIpc) is 2.68. The Morgan fingerprint density at radius 1 is 1.30 bits per heavy atom. The van der Waals surface area contributed by atoms with E-state index in [1.165, 1.54) is 6.92 Å². The first-order valence-electron chi connectivity index (χ1n) is 7.16. The molecular formula is C16H18F3NO2S. The van der Waals surface area contributed by atoms with Gasteiger partial charge in [0, 0.05) is 12.1 Å². The predicted molar refractivity (Wildman–Crippen MR) is 83.7 cm³/mol.